The Kier molecular flexibility index (Phi) is 7.27. The molecule has 0 aromatic heterocycles. The average Bonchev–Trinajstić information content (AvgIpc) is 2.59. The molecule has 146 valence electrons. The smallest absolute Gasteiger partial charge is 0.220 e. The van der Waals surface area contributed by atoms with Gasteiger partial charge in [-0.05, 0) is 61.7 Å². The first kappa shape index (κ1) is 21.3. The van der Waals surface area contributed by atoms with E-state index in [0.29, 0.717) is 24.5 Å². The summed E-state index contributed by atoms with van der Waals surface area (Å²) in [5.74, 6) is 0.685. The van der Waals surface area contributed by atoms with E-state index in [0.717, 1.165) is 16.9 Å². The van der Waals surface area contributed by atoms with Crippen molar-refractivity contribution < 1.29 is 17.9 Å². The summed E-state index contributed by atoms with van der Waals surface area (Å²) >= 11 is 5.91. The maximum absolute atomic E-state index is 12.1. The number of hydrogen-bond acceptors (Lipinski definition) is 4. The molecular formula is C20H24ClNO4S. The van der Waals surface area contributed by atoms with E-state index in [2.05, 4.69) is 5.32 Å². The lowest BCUT2D eigenvalue weighted by atomic mass is 10.1. The van der Waals surface area contributed by atoms with Crippen molar-refractivity contribution in [1.29, 1.82) is 0 Å². The second-order valence-corrected chi connectivity index (χ2v) is 8.94. The summed E-state index contributed by atoms with van der Waals surface area (Å²) in [5, 5.41) is 3.58. The Balaban J connectivity index is 1.78. The molecule has 0 aliphatic carbocycles. The van der Waals surface area contributed by atoms with E-state index in [9.17, 15) is 13.2 Å². The van der Waals surface area contributed by atoms with Crippen LogP contribution in [0.1, 0.15) is 36.9 Å². The van der Waals surface area contributed by atoms with E-state index in [1.807, 2.05) is 26.0 Å². The molecule has 5 nitrogen and oxygen atoms in total. The highest BCUT2D eigenvalue weighted by molar-refractivity contribution is 7.90. The maximum atomic E-state index is 12.1. The molecule has 1 amide bonds. The molecule has 27 heavy (non-hydrogen) atoms. The van der Waals surface area contributed by atoms with Crippen molar-refractivity contribution in [3.63, 3.8) is 0 Å². The predicted molar refractivity (Wildman–Crippen MR) is 107 cm³/mol. The zero-order chi connectivity index (χ0) is 20.0. The van der Waals surface area contributed by atoms with Gasteiger partial charge in [0, 0.05) is 17.7 Å². The molecule has 1 atom stereocenters. The van der Waals surface area contributed by atoms with Gasteiger partial charge in [0.05, 0.1) is 17.5 Å². The predicted octanol–water partition coefficient (Wildman–Crippen LogP) is 4.09. The molecule has 0 spiro atoms. The highest BCUT2D eigenvalue weighted by Gasteiger charge is 2.12. The molecule has 0 radical (unpaired) electrons. The zero-order valence-electron chi connectivity index (χ0n) is 15.7. The van der Waals surface area contributed by atoms with Crippen LogP contribution in [0.2, 0.25) is 5.02 Å². The Morgan fingerprint density at radius 3 is 2.44 bits per heavy atom. The lowest BCUT2D eigenvalue weighted by Crippen LogP contribution is -2.26. The van der Waals surface area contributed by atoms with Crippen molar-refractivity contribution in [2.45, 2.75) is 37.6 Å². The Morgan fingerprint density at radius 2 is 1.85 bits per heavy atom. The van der Waals surface area contributed by atoms with Crippen molar-refractivity contribution >= 4 is 27.3 Å². The molecule has 0 aliphatic heterocycles. The van der Waals surface area contributed by atoms with Crippen LogP contribution >= 0.6 is 11.6 Å². The fourth-order valence-corrected chi connectivity index (χ4v) is 3.45. The van der Waals surface area contributed by atoms with Gasteiger partial charge in [0.15, 0.2) is 9.84 Å². The van der Waals surface area contributed by atoms with E-state index in [1.165, 1.54) is 6.26 Å². The van der Waals surface area contributed by atoms with Gasteiger partial charge in [-0.1, -0.05) is 23.7 Å². The third kappa shape index (κ3) is 6.56. The molecular weight excluding hydrogens is 386 g/mol. The summed E-state index contributed by atoms with van der Waals surface area (Å²) < 4.78 is 28.7. The number of nitrogens with one attached hydrogen (secondary N) is 1. The molecule has 2 rings (SSSR count). The molecule has 0 fully saturated rings. The number of halogens is 1. The minimum absolute atomic E-state index is 0.0777. The van der Waals surface area contributed by atoms with Gasteiger partial charge in [0.25, 0.3) is 0 Å². The van der Waals surface area contributed by atoms with Crippen LogP contribution in [0.25, 0.3) is 0 Å². The summed E-state index contributed by atoms with van der Waals surface area (Å²) in [5.41, 5.74) is 1.81. The van der Waals surface area contributed by atoms with Crippen LogP contribution in [0.15, 0.2) is 47.4 Å². The third-order valence-electron chi connectivity index (χ3n) is 4.13. The second kappa shape index (κ2) is 9.24. The van der Waals surface area contributed by atoms with Crippen LogP contribution in [-0.2, 0) is 14.6 Å². The van der Waals surface area contributed by atoms with Crippen molar-refractivity contribution in [2.24, 2.45) is 0 Å². The molecule has 7 heteroatoms. The van der Waals surface area contributed by atoms with Gasteiger partial charge in [0.1, 0.15) is 5.75 Å². The summed E-state index contributed by atoms with van der Waals surface area (Å²) in [6.07, 6.45) is 2.10. The van der Waals surface area contributed by atoms with Crippen LogP contribution in [-0.4, -0.2) is 27.2 Å². The van der Waals surface area contributed by atoms with Crippen LogP contribution < -0.4 is 10.1 Å². The van der Waals surface area contributed by atoms with Gasteiger partial charge in [-0.3, -0.25) is 4.79 Å². The first-order valence-electron chi connectivity index (χ1n) is 8.65. The average molecular weight is 410 g/mol. The Hall–Kier alpha value is -2.05. The van der Waals surface area contributed by atoms with E-state index in [-0.39, 0.29) is 16.8 Å². The highest BCUT2D eigenvalue weighted by atomic mass is 35.5. The SMILES string of the molecule is Cc1cc(Cl)ccc1OCCCC(=O)NC(C)c1ccc(S(C)(=O)=O)cc1. The lowest BCUT2D eigenvalue weighted by molar-refractivity contribution is -0.121. The number of ether oxygens (including phenoxy) is 1. The number of aryl methyl sites for hydroxylation is 1. The standard InChI is InChI=1S/C20H24ClNO4S/c1-14-13-17(21)8-11-19(14)26-12-4-5-20(23)22-15(2)16-6-9-18(10-7-16)27(3,24)25/h6-11,13,15H,4-5,12H2,1-3H3,(H,22,23). The van der Waals surface area contributed by atoms with E-state index < -0.39 is 9.84 Å². The molecule has 0 saturated carbocycles. The summed E-state index contributed by atoms with van der Waals surface area (Å²) in [6, 6.07) is 11.8. The van der Waals surface area contributed by atoms with Gasteiger partial charge < -0.3 is 10.1 Å². The zero-order valence-corrected chi connectivity index (χ0v) is 17.2. The summed E-state index contributed by atoms with van der Waals surface area (Å²) in [4.78, 5) is 12.4. The van der Waals surface area contributed by atoms with Gasteiger partial charge in [-0.2, -0.15) is 0 Å². The number of sulfone groups is 1. The molecule has 0 heterocycles. The third-order valence-corrected chi connectivity index (χ3v) is 5.49. The fraction of sp³-hybridized carbons (Fsp3) is 0.350. The molecule has 0 bridgehead atoms. The molecule has 0 saturated heterocycles. The minimum Gasteiger partial charge on any atom is -0.493 e. The van der Waals surface area contributed by atoms with Crippen LogP contribution in [0.4, 0.5) is 0 Å². The van der Waals surface area contributed by atoms with Gasteiger partial charge >= 0.3 is 0 Å². The molecule has 2 aromatic carbocycles. The maximum Gasteiger partial charge on any atom is 0.220 e. The molecule has 2 aromatic rings. The molecule has 1 N–H and O–H groups in total. The van der Waals surface area contributed by atoms with Crippen LogP contribution in [0.3, 0.4) is 0 Å². The first-order chi connectivity index (χ1) is 12.7. The molecule has 0 aliphatic rings. The van der Waals surface area contributed by atoms with Crippen molar-refractivity contribution in [3.8, 4) is 5.75 Å². The van der Waals surface area contributed by atoms with E-state index in [4.69, 9.17) is 16.3 Å². The fourth-order valence-electron chi connectivity index (χ4n) is 2.59. The number of carbonyl (C=O) groups excluding carboxylic acids is 1. The van der Waals surface area contributed by atoms with Crippen LogP contribution in [0.5, 0.6) is 5.75 Å². The Labute approximate surface area is 165 Å². The quantitative estimate of drug-likeness (QED) is 0.666. The number of hydrogen-bond donors (Lipinski definition) is 1. The number of rotatable bonds is 8. The lowest BCUT2D eigenvalue weighted by Gasteiger charge is -2.15. The van der Waals surface area contributed by atoms with Gasteiger partial charge in [-0.25, -0.2) is 8.42 Å². The number of amides is 1. The summed E-state index contributed by atoms with van der Waals surface area (Å²) in [6.45, 7) is 4.22. The first-order valence-corrected chi connectivity index (χ1v) is 10.9. The van der Waals surface area contributed by atoms with E-state index >= 15 is 0 Å². The molecule has 1 unspecified atom stereocenters. The normalized spacial score (nSPS) is 12.4. The van der Waals surface area contributed by atoms with Gasteiger partial charge in [-0.15, -0.1) is 0 Å². The van der Waals surface area contributed by atoms with Crippen LogP contribution in [0, 0.1) is 6.92 Å². The van der Waals surface area contributed by atoms with Crippen molar-refractivity contribution in [1.82, 2.24) is 5.32 Å². The van der Waals surface area contributed by atoms with E-state index in [1.54, 1.807) is 30.3 Å². The Morgan fingerprint density at radius 1 is 1.19 bits per heavy atom. The topological polar surface area (TPSA) is 72.5 Å². The number of carbonyl (C=O) groups is 1. The van der Waals surface area contributed by atoms with Crippen molar-refractivity contribution in [3.05, 3.63) is 58.6 Å². The minimum atomic E-state index is -3.22. The van der Waals surface area contributed by atoms with Crippen molar-refractivity contribution in [2.75, 3.05) is 12.9 Å². The van der Waals surface area contributed by atoms with Gasteiger partial charge in [0.2, 0.25) is 5.91 Å². The summed E-state index contributed by atoms with van der Waals surface area (Å²) in [7, 11) is -3.22. The monoisotopic (exact) mass is 409 g/mol. The Bertz CT molecular complexity index is 895. The second-order valence-electron chi connectivity index (χ2n) is 6.49. The highest BCUT2D eigenvalue weighted by Crippen LogP contribution is 2.22. The largest absolute Gasteiger partial charge is 0.493 e. The number of benzene rings is 2.